The van der Waals surface area contributed by atoms with Gasteiger partial charge in [-0.25, -0.2) is 8.89 Å². The molecule has 1 atom stereocenters. The fraction of sp³-hybridized carbons (Fsp3) is 0.317. The van der Waals surface area contributed by atoms with Gasteiger partial charge in [0.2, 0.25) is 0 Å². The number of hydrogen-bond donors (Lipinski definition) is 1. The van der Waals surface area contributed by atoms with E-state index in [2.05, 4.69) is 9.82 Å². The van der Waals surface area contributed by atoms with Crippen LogP contribution in [-0.4, -0.2) is 61.1 Å². The first-order valence-electron chi connectivity index (χ1n) is 18.2. The summed E-state index contributed by atoms with van der Waals surface area (Å²) in [5.74, 6) is -1.64. The van der Waals surface area contributed by atoms with Gasteiger partial charge in [-0.1, -0.05) is 74.7 Å². The van der Waals surface area contributed by atoms with Crippen LogP contribution >= 0.6 is 11.6 Å². The molecular formula is C41H41ClF3N5O4S. The van der Waals surface area contributed by atoms with E-state index in [-0.39, 0.29) is 46.5 Å². The molecule has 2 heterocycles. The van der Waals surface area contributed by atoms with E-state index in [1.165, 1.54) is 33.8 Å². The smallest absolute Gasteiger partial charge is 0.337 e. The number of halogens is 4. The maximum Gasteiger partial charge on any atom is 0.416 e. The minimum atomic E-state index is -4.56. The summed E-state index contributed by atoms with van der Waals surface area (Å²) in [6.07, 6.45) is -0.879. The normalized spacial score (nSPS) is 13.4. The molecular weight excluding hydrogens is 751 g/mol. The van der Waals surface area contributed by atoms with Crippen LogP contribution < -0.4 is 4.72 Å². The van der Waals surface area contributed by atoms with Crippen LogP contribution in [0.15, 0.2) is 83.8 Å². The van der Waals surface area contributed by atoms with Crippen LogP contribution in [0.1, 0.15) is 93.1 Å². The van der Waals surface area contributed by atoms with Crippen molar-refractivity contribution < 1.29 is 31.8 Å². The molecule has 6 rings (SSSR count). The monoisotopic (exact) mass is 791 g/mol. The van der Waals surface area contributed by atoms with Crippen LogP contribution in [0.5, 0.6) is 0 Å². The molecule has 0 saturated heterocycles. The zero-order chi connectivity index (χ0) is 39.4. The number of unbranched alkanes of at least 4 members (excludes halogenated alkanes) is 2. The van der Waals surface area contributed by atoms with Crippen molar-refractivity contribution in [2.45, 2.75) is 70.5 Å². The number of carbonyl (C=O) groups excluding carboxylic acids is 3. The predicted octanol–water partition coefficient (Wildman–Crippen LogP) is 8.70. The van der Waals surface area contributed by atoms with Gasteiger partial charge in [-0.3, -0.25) is 19.1 Å². The maximum absolute atomic E-state index is 14.5. The molecule has 1 N–H and O–H groups in total. The highest BCUT2D eigenvalue weighted by Gasteiger charge is 2.33. The Hall–Kier alpha value is -5.01. The molecule has 0 bridgehead atoms. The SMILES string of the molecule is CCCCN(CCCC)C(=O)c1nn(-c2ccc(C(=O)NS(=O)c3ccc4ccccc4c3)cc2C(=O)N2CCc3ccc(C(F)(F)F)cc3C2)c(C)c1Cl. The third kappa shape index (κ3) is 8.63. The molecule has 14 heteroatoms. The van der Waals surface area contributed by atoms with Gasteiger partial charge < -0.3 is 9.80 Å². The van der Waals surface area contributed by atoms with Gasteiger partial charge in [0.1, 0.15) is 0 Å². The van der Waals surface area contributed by atoms with Crippen LogP contribution in [0.4, 0.5) is 13.2 Å². The quantitative estimate of drug-likeness (QED) is 0.136. The number of fused-ring (bicyclic) bond motifs is 2. The van der Waals surface area contributed by atoms with Gasteiger partial charge in [-0.15, -0.1) is 0 Å². The molecule has 0 radical (unpaired) electrons. The number of aromatic nitrogens is 2. The van der Waals surface area contributed by atoms with E-state index >= 15 is 0 Å². The summed E-state index contributed by atoms with van der Waals surface area (Å²) in [7, 11) is -1.95. The predicted molar refractivity (Wildman–Crippen MR) is 207 cm³/mol. The van der Waals surface area contributed by atoms with Crippen molar-refractivity contribution >= 4 is 51.1 Å². The molecule has 0 aliphatic carbocycles. The van der Waals surface area contributed by atoms with E-state index in [0.29, 0.717) is 41.2 Å². The van der Waals surface area contributed by atoms with E-state index in [0.717, 1.165) is 48.6 Å². The average molecular weight is 792 g/mol. The summed E-state index contributed by atoms with van der Waals surface area (Å²) in [6.45, 7) is 6.88. The first kappa shape index (κ1) is 39.7. The molecule has 1 aliphatic rings. The average Bonchev–Trinajstić information content (AvgIpc) is 3.48. The van der Waals surface area contributed by atoms with E-state index in [1.54, 1.807) is 30.0 Å². The summed E-state index contributed by atoms with van der Waals surface area (Å²) < 4.78 is 58.1. The van der Waals surface area contributed by atoms with Crippen molar-refractivity contribution in [3.8, 4) is 5.69 Å². The Kier molecular flexibility index (Phi) is 12.1. The first-order chi connectivity index (χ1) is 26.3. The lowest BCUT2D eigenvalue weighted by molar-refractivity contribution is -0.137. The second-order valence-corrected chi connectivity index (χ2v) is 15.1. The number of alkyl halides is 3. The molecule has 3 amide bonds. The number of nitrogens with one attached hydrogen (secondary N) is 1. The number of rotatable bonds is 12. The molecule has 0 spiro atoms. The second kappa shape index (κ2) is 16.8. The van der Waals surface area contributed by atoms with Crippen molar-refractivity contribution in [3.63, 3.8) is 0 Å². The fourth-order valence-electron chi connectivity index (χ4n) is 6.61. The highest BCUT2D eigenvalue weighted by atomic mass is 35.5. The van der Waals surface area contributed by atoms with Crippen molar-refractivity contribution in [3.05, 3.63) is 123 Å². The summed E-state index contributed by atoms with van der Waals surface area (Å²) in [5.41, 5.74) is 0.855. The zero-order valence-corrected chi connectivity index (χ0v) is 32.3. The Morgan fingerprint density at radius 2 is 1.62 bits per heavy atom. The zero-order valence-electron chi connectivity index (χ0n) is 30.7. The molecule has 0 saturated carbocycles. The largest absolute Gasteiger partial charge is 0.416 e. The van der Waals surface area contributed by atoms with Crippen molar-refractivity contribution in [2.24, 2.45) is 0 Å². The minimum absolute atomic E-state index is 0.00495. The van der Waals surface area contributed by atoms with Crippen LogP contribution in [0, 0.1) is 6.92 Å². The molecule has 4 aromatic carbocycles. The molecule has 1 unspecified atom stereocenters. The molecule has 55 heavy (non-hydrogen) atoms. The Labute approximate surface area is 325 Å². The number of amides is 3. The minimum Gasteiger partial charge on any atom is -0.337 e. The molecule has 1 aliphatic heterocycles. The van der Waals surface area contributed by atoms with Gasteiger partial charge in [0, 0.05) is 31.7 Å². The molecule has 9 nitrogen and oxygen atoms in total. The van der Waals surface area contributed by atoms with Crippen LogP contribution in [0.3, 0.4) is 0 Å². The molecule has 1 aromatic heterocycles. The molecule has 0 fully saturated rings. The topological polar surface area (TPSA) is 105 Å². The summed E-state index contributed by atoms with van der Waals surface area (Å²) >= 11 is 6.78. The maximum atomic E-state index is 14.5. The van der Waals surface area contributed by atoms with E-state index in [1.807, 2.05) is 38.1 Å². The summed E-state index contributed by atoms with van der Waals surface area (Å²) in [4.78, 5) is 45.4. The summed E-state index contributed by atoms with van der Waals surface area (Å²) in [5, 5.41) is 6.51. The van der Waals surface area contributed by atoms with Gasteiger partial charge in [0.15, 0.2) is 16.7 Å². The van der Waals surface area contributed by atoms with Gasteiger partial charge in [0.05, 0.1) is 32.4 Å². The van der Waals surface area contributed by atoms with Crippen LogP contribution in [0.2, 0.25) is 5.02 Å². The van der Waals surface area contributed by atoms with Crippen molar-refractivity contribution in [1.82, 2.24) is 24.3 Å². The standard InChI is InChI=1S/C41H41ClF3N5O4S/c1-4-6-19-48(20-7-5-2)40(53)37-36(42)26(3)50(46-37)35-17-14-30(38(51)47-55(54)33-16-13-27-10-8-9-11-29(27)23-33)24-34(35)39(52)49-21-18-28-12-15-32(41(43,44)45)22-31(28)25-49/h8-17,22-24H,4-7,18-21,25H2,1-3H3,(H,47,51). The number of benzene rings is 4. The first-order valence-corrected chi connectivity index (χ1v) is 19.7. The van der Waals surface area contributed by atoms with Gasteiger partial charge in [0.25, 0.3) is 17.7 Å². The summed E-state index contributed by atoms with van der Waals surface area (Å²) in [6, 6.07) is 20.5. The van der Waals surface area contributed by atoms with Gasteiger partial charge in [-0.2, -0.15) is 18.3 Å². The van der Waals surface area contributed by atoms with Crippen molar-refractivity contribution in [2.75, 3.05) is 19.6 Å². The highest BCUT2D eigenvalue weighted by Crippen LogP contribution is 2.33. The Balaban J connectivity index is 1.37. The lowest BCUT2D eigenvalue weighted by atomic mass is 9.96. The van der Waals surface area contributed by atoms with Gasteiger partial charge in [-0.05, 0) is 90.6 Å². The Bertz CT molecular complexity index is 2280. The second-order valence-electron chi connectivity index (χ2n) is 13.6. The third-order valence-electron chi connectivity index (χ3n) is 9.77. The molecule has 288 valence electrons. The number of nitrogens with zero attached hydrogens (tertiary/aromatic N) is 4. The molecule has 5 aromatic rings. The van der Waals surface area contributed by atoms with Crippen molar-refractivity contribution in [1.29, 1.82) is 0 Å². The van der Waals surface area contributed by atoms with Crippen LogP contribution in [-0.2, 0) is 30.1 Å². The van der Waals surface area contributed by atoms with E-state index in [4.69, 9.17) is 11.6 Å². The Morgan fingerprint density at radius 3 is 2.31 bits per heavy atom. The number of carbonyl (C=O) groups is 3. The lowest BCUT2D eigenvalue weighted by Crippen LogP contribution is -2.37. The third-order valence-corrected chi connectivity index (χ3v) is 11.3. The van der Waals surface area contributed by atoms with Crippen LogP contribution in [0.25, 0.3) is 16.5 Å². The fourth-order valence-corrected chi connectivity index (χ4v) is 7.64. The van der Waals surface area contributed by atoms with Gasteiger partial charge >= 0.3 is 6.18 Å². The Morgan fingerprint density at radius 1 is 0.909 bits per heavy atom. The number of hydrogen-bond acceptors (Lipinski definition) is 5. The van der Waals surface area contributed by atoms with E-state index in [9.17, 15) is 31.8 Å². The van der Waals surface area contributed by atoms with E-state index < -0.39 is 34.5 Å². The highest BCUT2D eigenvalue weighted by molar-refractivity contribution is 7.83. The lowest BCUT2D eigenvalue weighted by Gasteiger charge is -2.30.